The summed E-state index contributed by atoms with van der Waals surface area (Å²) in [6, 6.07) is 4.87. The van der Waals surface area contributed by atoms with Gasteiger partial charge in [0.1, 0.15) is 5.82 Å². The zero-order valence-electron chi connectivity index (χ0n) is 12.9. The van der Waals surface area contributed by atoms with E-state index < -0.39 is 0 Å². The molecule has 3 rings (SSSR count). The monoisotopic (exact) mass is 317 g/mol. The molecular formula is C15H19N5O3. The summed E-state index contributed by atoms with van der Waals surface area (Å²) in [5.74, 6) is 0.881. The van der Waals surface area contributed by atoms with Crippen LogP contribution in [0.3, 0.4) is 0 Å². The highest BCUT2D eigenvalue weighted by atomic mass is 16.3. The number of hydrogen-bond donors (Lipinski definition) is 2. The Morgan fingerprint density at radius 1 is 1.30 bits per heavy atom. The molecule has 0 spiro atoms. The summed E-state index contributed by atoms with van der Waals surface area (Å²) in [6.45, 7) is 1.19. The van der Waals surface area contributed by atoms with Crippen LogP contribution in [-0.2, 0) is 7.05 Å². The van der Waals surface area contributed by atoms with Crippen molar-refractivity contribution >= 4 is 17.8 Å². The first-order valence-electron chi connectivity index (χ1n) is 7.52. The Balaban J connectivity index is 1.46. The summed E-state index contributed by atoms with van der Waals surface area (Å²) in [5.41, 5.74) is 0. The lowest BCUT2D eigenvalue weighted by Crippen LogP contribution is -2.47. The molecule has 3 amide bonds. The molecule has 2 N–H and O–H groups in total. The van der Waals surface area contributed by atoms with E-state index in [-0.39, 0.29) is 18.0 Å². The molecule has 2 aromatic heterocycles. The van der Waals surface area contributed by atoms with Crippen LogP contribution in [0, 0.1) is 0 Å². The Labute approximate surface area is 133 Å². The number of nitrogens with one attached hydrogen (secondary N) is 2. The van der Waals surface area contributed by atoms with Gasteiger partial charge in [0.15, 0.2) is 5.76 Å². The number of amides is 3. The summed E-state index contributed by atoms with van der Waals surface area (Å²) in [5, 5.41) is 9.67. The molecule has 1 saturated heterocycles. The van der Waals surface area contributed by atoms with Gasteiger partial charge < -0.3 is 14.6 Å². The maximum Gasteiger partial charge on any atom is 0.320 e. The molecule has 0 aliphatic carbocycles. The van der Waals surface area contributed by atoms with Crippen molar-refractivity contribution < 1.29 is 14.0 Å². The van der Waals surface area contributed by atoms with Gasteiger partial charge in [-0.25, -0.2) is 4.79 Å². The molecule has 0 aromatic carbocycles. The minimum Gasteiger partial charge on any atom is -0.459 e. The van der Waals surface area contributed by atoms with Gasteiger partial charge in [-0.15, -0.1) is 0 Å². The van der Waals surface area contributed by atoms with Crippen molar-refractivity contribution in [2.45, 2.75) is 18.9 Å². The number of rotatable bonds is 3. The molecular weight excluding hydrogens is 298 g/mol. The highest BCUT2D eigenvalue weighted by molar-refractivity contribution is 5.91. The third kappa shape index (κ3) is 3.53. The van der Waals surface area contributed by atoms with Crippen LogP contribution in [-0.4, -0.2) is 45.8 Å². The van der Waals surface area contributed by atoms with Crippen LogP contribution in [0.25, 0.3) is 0 Å². The van der Waals surface area contributed by atoms with E-state index in [1.807, 2.05) is 0 Å². The lowest BCUT2D eigenvalue weighted by Gasteiger charge is -2.31. The first-order chi connectivity index (χ1) is 11.1. The second-order valence-electron chi connectivity index (χ2n) is 5.48. The Hall–Kier alpha value is -2.77. The molecule has 2 aromatic rings. The maximum absolute atomic E-state index is 12.2. The van der Waals surface area contributed by atoms with E-state index in [9.17, 15) is 9.59 Å². The molecule has 1 fully saturated rings. The summed E-state index contributed by atoms with van der Waals surface area (Å²) >= 11 is 0. The largest absolute Gasteiger partial charge is 0.459 e. The van der Waals surface area contributed by atoms with Gasteiger partial charge in [0.2, 0.25) is 0 Å². The normalized spacial score (nSPS) is 15.4. The van der Waals surface area contributed by atoms with E-state index in [1.165, 1.54) is 6.26 Å². The van der Waals surface area contributed by atoms with Gasteiger partial charge in [0.05, 0.1) is 12.5 Å². The standard InChI is InChI=1S/C15H19N5O3/c1-19-13(4-7-16-19)18-15(22)17-11-5-8-20(9-6-11)14(21)12-3-2-10-23-12/h2-4,7,10-11H,5-6,8-9H2,1H3,(H2,17,18,22). The van der Waals surface area contributed by atoms with Crippen molar-refractivity contribution in [1.29, 1.82) is 0 Å². The lowest BCUT2D eigenvalue weighted by atomic mass is 10.1. The lowest BCUT2D eigenvalue weighted by molar-refractivity contribution is 0.0676. The number of likely N-dealkylation sites (tertiary alicyclic amines) is 1. The number of aryl methyl sites for hydroxylation is 1. The highest BCUT2D eigenvalue weighted by Crippen LogP contribution is 2.14. The molecule has 8 nitrogen and oxygen atoms in total. The van der Waals surface area contributed by atoms with Crippen molar-refractivity contribution in [3.63, 3.8) is 0 Å². The number of furan rings is 1. The van der Waals surface area contributed by atoms with E-state index in [4.69, 9.17) is 4.42 Å². The van der Waals surface area contributed by atoms with Gasteiger partial charge in [-0.1, -0.05) is 0 Å². The second kappa shape index (κ2) is 6.55. The number of urea groups is 1. The van der Waals surface area contributed by atoms with Crippen molar-refractivity contribution in [2.24, 2.45) is 7.05 Å². The van der Waals surface area contributed by atoms with Gasteiger partial charge >= 0.3 is 6.03 Å². The summed E-state index contributed by atoms with van der Waals surface area (Å²) in [6.07, 6.45) is 4.54. The Kier molecular flexibility index (Phi) is 4.31. The van der Waals surface area contributed by atoms with Gasteiger partial charge in [-0.2, -0.15) is 5.10 Å². The van der Waals surface area contributed by atoms with Crippen LogP contribution in [0.15, 0.2) is 35.1 Å². The summed E-state index contributed by atoms with van der Waals surface area (Å²) < 4.78 is 6.72. The van der Waals surface area contributed by atoms with Gasteiger partial charge in [0.25, 0.3) is 5.91 Å². The summed E-state index contributed by atoms with van der Waals surface area (Å²) in [7, 11) is 1.76. The van der Waals surface area contributed by atoms with Crippen LogP contribution in [0.2, 0.25) is 0 Å². The number of hydrogen-bond acceptors (Lipinski definition) is 4. The Morgan fingerprint density at radius 2 is 2.09 bits per heavy atom. The Bertz CT molecular complexity index is 671. The van der Waals surface area contributed by atoms with E-state index >= 15 is 0 Å². The van der Waals surface area contributed by atoms with Crippen LogP contribution in [0.5, 0.6) is 0 Å². The van der Waals surface area contributed by atoms with Crippen molar-refractivity contribution in [2.75, 3.05) is 18.4 Å². The highest BCUT2D eigenvalue weighted by Gasteiger charge is 2.25. The predicted octanol–water partition coefficient (Wildman–Crippen LogP) is 1.44. The number of carbonyl (C=O) groups is 2. The molecule has 0 saturated carbocycles. The van der Waals surface area contributed by atoms with Crippen LogP contribution >= 0.6 is 0 Å². The topological polar surface area (TPSA) is 92.4 Å². The molecule has 8 heteroatoms. The maximum atomic E-state index is 12.2. The van der Waals surface area contributed by atoms with Crippen LogP contribution in [0.4, 0.5) is 10.6 Å². The number of nitrogens with zero attached hydrogens (tertiary/aromatic N) is 3. The zero-order valence-corrected chi connectivity index (χ0v) is 12.9. The van der Waals surface area contributed by atoms with Gasteiger partial charge in [-0.3, -0.25) is 14.8 Å². The first kappa shape index (κ1) is 15.1. The fraction of sp³-hybridized carbons (Fsp3) is 0.400. The summed E-state index contributed by atoms with van der Waals surface area (Å²) in [4.78, 5) is 25.9. The molecule has 122 valence electrons. The van der Waals surface area contributed by atoms with Crippen molar-refractivity contribution in [3.05, 3.63) is 36.4 Å². The van der Waals surface area contributed by atoms with Crippen molar-refractivity contribution in [1.82, 2.24) is 20.0 Å². The predicted molar refractivity (Wildman–Crippen MR) is 83.0 cm³/mol. The van der Waals surface area contributed by atoms with E-state index in [1.54, 1.807) is 41.0 Å². The molecule has 1 aliphatic heterocycles. The smallest absolute Gasteiger partial charge is 0.320 e. The number of carbonyl (C=O) groups excluding carboxylic acids is 2. The molecule has 1 aliphatic rings. The molecule has 3 heterocycles. The number of anilines is 1. The van der Waals surface area contributed by atoms with E-state index in [0.717, 1.165) is 0 Å². The molecule has 0 bridgehead atoms. The van der Waals surface area contributed by atoms with E-state index in [2.05, 4.69) is 15.7 Å². The fourth-order valence-corrected chi connectivity index (χ4v) is 2.62. The molecule has 0 atom stereocenters. The van der Waals surface area contributed by atoms with Gasteiger partial charge in [-0.05, 0) is 25.0 Å². The van der Waals surface area contributed by atoms with Crippen molar-refractivity contribution in [3.8, 4) is 0 Å². The third-order valence-electron chi connectivity index (χ3n) is 3.91. The SMILES string of the molecule is Cn1nccc1NC(=O)NC1CCN(C(=O)c2ccco2)CC1. The molecule has 0 unspecified atom stereocenters. The average molecular weight is 317 g/mol. The first-order valence-corrected chi connectivity index (χ1v) is 7.52. The average Bonchev–Trinajstić information content (AvgIpc) is 3.20. The number of piperidine rings is 1. The number of aromatic nitrogens is 2. The minimum absolute atomic E-state index is 0.0453. The molecule has 23 heavy (non-hydrogen) atoms. The Morgan fingerprint density at radius 3 is 2.70 bits per heavy atom. The third-order valence-corrected chi connectivity index (χ3v) is 3.91. The van der Waals surface area contributed by atoms with Gasteiger partial charge in [0, 0.05) is 32.2 Å². The van der Waals surface area contributed by atoms with Crippen LogP contribution in [0.1, 0.15) is 23.4 Å². The second-order valence-corrected chi connectivity index (χ2v) is 5.48. The molecule has 0 radical (unpaired) electrons. The van der Waals surface area contributed by atoms with E-state index in [0.29, 0.717) is 37.5 Å². The quantitative estimate of drug-likeness (QED) is 0.896. The fourth-order valence-electron chi connectivity index (χ4n) is 2.62. The minimum atomic E-state index is -0.260. The van der Waals surface area contributed by atoms with Crippen LogP contribution < -0.4 is 10.6 Å². The zero-order chi connectivity index (χ0) is 16.2.